The van der Waals surface area contributed by atoms with Crippen molar-refractivity contribution >= 4 is 17.7 Å². The van der Waals surface area contributed by atoms with Gasteiger partial charge in [-0.3, -0.25) is 15.5 Å². The molecule has 1 aromatic carbocycles. The molecule has 0 aliphatic rings. The molecular formula is C15H16N4O5. The molecule has 1 aromatic heterocycles. The minimum Gasteiger partial charge on any atom is -0.496 e. The lowest BCUT2D eigenvalue weighted by atomic mass is 10.2. The van der Waals surface area contributed by atoms with E-state index in [0.29, 0.717) is 28.6 Å². The first kappa shape index (κ1) is 17.0. The predicted molar refractivity (Wildman–Crippen MR) is 88.2 cm³/mol. The van der Waals surface area contributed by atoms with E-state index in [9.17, 15) is 10.1 Å². The highest BCUT2D eigenvalue weighted by Crippen LogP contribution is 2.33. The zero-order valence-corrected chi connectivity index (χ0v) is 13.3. The molecule has 0 atom stereocenters. The molecule has 9 heteroatoms. The fraction of sp³-hybridized carbons (Fsp3) is 0.200. The Bertz CT molecular complexity index is 746. The summed E-state index contributed by atoms with van der Waals surface area (Å²) in [6.45, 7) is 0. The summed E-state index contributed by atoms with van der Waals surface area (Å²) < 4.78 is 15.7. The Morgan fingerprint density at radius 1 is 1.12 bits per heavy atom. The SMILES string of the molecule is COc1cc(OC)c(OC)cc1/C=N/Nc1ccc([N+](=O)[O-])cn1. The third kappa shape index (κ3) is 3.88. The maximum atomic E-state index is 10.6. The van der Waals surface area contributed by atoms with Gasteiger partial charge in [0.15, 0.2) is 11.5 Å². The van der Waals surface area contributed by atoms with Crippen molar-refractivity contribution in [1.29, 1.82) is 0 Å². The van der Waals surface area contributed by atoms with E-state index >= 15 is 0 Å². The average Bonchev–Trinajstić information content (AvgIpc) is 2.61. The van der Waals surface area contributed by atoms with Crippen LogP contribution in [0.15, 0.2) is 35.6 Å². The minimum absolute atomic E-state index is 0.0916. The predicted octanol–water partition coefficient (Wildman–Crippen LogP) is 2.46. The second-order valence-corrected chi connectivity index (χ2v) is 4.48. The molecule has 0 saturated heterocycles. The average molecular weight is 332 g/mol. The highest BCUT2D eigenvalue weighted by molar-refractivity contribution is 5.85. The molecule has 0 radical (unpaired) electrons. The normalized spacial score (nSPS) is 10.5. The van der Waals surface area contributed by atoms with Gasteiger partial charge in [-0.2, -0.15) is 5.10 Å². The van der Waals surface area contributed by atoms with Gasteiger partial charge in [-0.25, -0.2) is 4.98 Å². The van der Waals surface area contributed by atoms with Crippen LogP contribution in [0.25, 0.3) is 0 Å². The van der Waals surface area contributed by atoms with Gasteiger partial charge in [0, 0.05) is 17.7 Å². The smallest absolute Gasteiger partial charge is 0.287 e. The molecule has 9 nitrogen and oxygen atoms in total. The number of pyridine rings is 1. The van der Waals surface area contributed by atoms with Gasteiger partial charge < -0.3 is 14.2 Å². The van der Waals surface area contributed by atoms with Crippen molar-refractivity contribution in [2.75, 3.05) is 26.8 Å². The molecule has 1 heterocycles. The summed E-state index contributed by atoms with van der Waals surface area (Å²) in [5.74, 6) is 2.00. The number of nitrogens with one attached hydrogen (secondary N) is 1. The van der Waals surface area contributed by atoms with Crippen molar-refractivity contribution in [2.45, 2.75) is 0 Å². The maximum absolute atomic E-state index is 10.6. The summed E-state index contributed by atoms with van der Waals surface area (Å²) >= 11 is 0. The van der Waals surface area contributed by atoms with E-state index in [4.69, 9.17) is 14.2 Å². The highest BCUT2D eigenvalue weighted by Gasteiger charge is 2.10. The van der Waals surface area contributed by atoms with Gasteiger partial charge in [-0.05, 0) is 12.1 Å². The second kappa shape index (κ2) is 7.77. The van der Waals surface area contributed by atoms with E-state index in [-0.39, 0.29) is 5.69 Å². The zero-order valence-electron chi connectivity index (χ0n) is 13.3. The molecule has 126 valence electrons. The van der Waals surface area contributed by atoms with Crippen molar-refractivity contribution in [2.24, 2.45) is 5.10 Å². The van der Waals surface area contributed by atoms with Crippen LogP contribution in [-0.2, 0) is 0 Å². The van der Waals surface area contributed by atoms with Crippen LogP contribution in [0.5, 0.6) is 17.2 Å². The number of ether oxygens (including phenoxy) is 3. The standard InChI is InChI=1S/C15H16N4O5/c1-22-12-7-14(24-3)13(23-2)6-10(12)8-17-18-15-5-4-11(9-16-15)19(20)21/h4-9H,1-3H3,(H,16,18)/b17-8+. The quantitative estimate of drug-likeness (QED) is 0.471. The Balaban J connectivity index is 2.17. The Morgan fingerprint density at radius 2 is 1.79 bits per heavy atom. The van der Waals surface area contributed by atoms with E-state index in [0.717, 1.165) is 6.20 Å². The third-order valence-corrected chi connectivity index (χ3v) is 3.08. The van der Waals surface area contributed by atoms with Gasteiger partial charge in [0.2, 0.25) is 0 Å². The summed E-state index contributed by atoms with van der Waals surface area (Å²) in [5.41, 5.74) is 3.25. The van der Waals surface area contributed by atoms with E-state index in [1.54, 1.807) is 12.1 Å². The molecule has 0 amide bonds. The first-order valence-electron chi connectivity index (χ1n) is 6.78. The van der Waals surface area contributed by atoms with Crippen molar-refractivity contribution in [3.63, 3.8) is 0 Å². The van der Waals surface area contributed by atoms with Gasteiger partial charge >= 0.3 is 0 Å². The lowest BCUT2D eigenvalue weighted by molar-refractivity contribution is -0.385. The molecule has 1 N–H and O–H groups in total. The topological polar surface area (TPSA) is 108 Å². The van der Waals surface area contributed by atoms with Gasteiger partial charge in [0.1, 0.15) is 17.8 Å². The number of hydrogen-bond donors (Lipinski definition) is 1. The van der Waals surface area contributed by atoms with Crippen LogP contribution in [0.2, 0.25) is 0 Å². The van der Waals surface area contributed by atoms with Gasteiger partial charge in [0.05, 0.1) is 32.5 Å². The Morgan fingerprint density at radius 3 is 2.33 bits per heavy atom. The Kier molecular flexibility index (Phi) is 5.50. The molecule has 2 rings (SSSR count). The van der Waals surface area contributed by atoms with Gasteiger partial charge in [-0.15, -0.1) is 0 Å². The third-order valence-electron chi connectivity index (χ3n) is 3.08. The summed E-state index contributed by atoms with van der Waals surface area (Å²) in [6, 6.07) is 6.19. The number of nitro groups is 1. The van der Waals surface area contributed by atoms with Crippen LogP contribution in [0.3, 0.4) is 0 Å². The van der Waals surface area contributed by atoms with Crippen molar-refractivity contribution in [1.82, 2.24) is 4.98 Å². The van der Waals surface area contributed by atoms with Crippen LogP contribution in [0, 0.1) is 10.1 Å². The van der Waals surface area contributed by atoms with Gasteiger partial charge in [0.25, 0.3) is 5.69 Å². The van der Waals surface area contributed by atoms with Crippen molar-refractivity contribution in [3.8, 4) is 17.2 Å². The lowest BCUT2D eigenvalue weighted by Gasteiger charge is -2.11. The number of hydrogen-bond acceptors (Lipinski definition) is 8. The van der Waals surface area contributed by atoms with Crippen LogP contribution in [0.1, 0.15) is 5.56 Å². The molecule has 0 spiro atoms. The number of aromatic nitrogens is 1. The van der Waals surface area contributed by atoms with Gasteiger partial charge in [-0.1, -0.05) is 0 Å². The summed E-state index contributed by atoms with van der Waals surface area (Å²) in [5, 5.41) is 14.6. The molecule has 0 saturated carbocycles. The number of anilines is 1. The van der Waals surface area contributed by atoms with E-state index in [1.165, 1.54) is 39.7 Å². The van der Waals surface area contributed by atoms with Crippen LogP contribution in [-0.4, -0.2) is 37.5 Å². The molecular weight excluding hydrogens is 316 g/mol. The molecule has 0 bridgehead atoms. The molecule has 24 heavy (non-hydrogen) atoms. The Hall–Kier alpha value is -3.36. The first-order chi connectivity index (χ1) is 11.6. The number of nitrogens with zero attached hydrogens (tertiary/aromatic N) is 3. The van der Waals surface area contributed by atoms with Crippen molar-refractivity contribution in [3.05, 3.63) is 46.1 Å². The van der Waals surface area contributed by atoms with Crippen LogP contribution in [0.4, 0.5) is 11.5 Å². The summed E-state index contributed by atoms with van der Waals surface area (Å²) in [7, 11) is 4.60. The fourth-order valence-electron chi connectivity index (χ4n) is 1.88. The first-order valence-corrected chi connectivity index (χ1v) is 6.78. The molecule has 0 aliphatic carbocycles. The molecule has 0 unspecified atom stereocenters. The molecule has 0 fully saturated rings. The number of benzene rings is 1. The highest BCUT2D eigenvalue weighted by atomic mass is 16.6. The number of hydrazone groups is 1. The largest absolute Gasteiger partial charge is 0.496 e. The summed E-state index contributed by atoms with van der Waals surface area (Å²) in [6.07, 6.45) is 2.67. The number of rotatable bonds is 7. The van der Waals surface area contributed by atoms with E-state index in [1.807, 2.05) is 0 Å². The summed E-state index contributed by atoms with van der Waals surface area (Å²) in [4.78, 5) is 13.9. The second-order valence-electron chi connectivity index (χ2n) is 4.48. The van der Waals surface area contributed by atoms with E-state index in [2.05, 4.69) is 15.5 Å². The lowest BCUT2D eigenvalue weighted by Crippen LogP contribution is -1.98. The van der Waals surface area contributed by atoms with E-state index < -0.39 is 4.92 Å². The maximum Gasteiger partial charge on any atom is 0.287 e. The molecule has 2 aromatic rings. The minimum atomic E-state index is -0.519. The van der Waals surface area contributed by atoms with Crippen molar-refractivity contribution < 1.29 is 19.1 Å². The van der Waals surface area contributed by atoms with Crippen LogP contribution >= 0.6 is 0 Å². The number of methoxy groups -OCH3 is 3. The fourth-order valence-corrected chi connectivity index (χ4v) is 1.88. The van der Waals surface area contributed by atoms with Crippen LogP contribution < -0.4 is 19.6 Å². The zero-order chi connectivity index (χ0) is 17.5. The Labute approximate surface area is 138 Å². The monoisotopic (exact) mass is 332 g/mol. The molecule has 0 aliphatic heterocycles.